The normalized spacial score (nSPS) is 22.4. The van der Waals surface area contributed by atoms with Crippen molar-refractivity contribution < 1.29 is 14.3 Å². The first-order valence-corrected chi connectivity index (χ1v) is 5.65. The highest BCUT2D eigenvalue weighted by molar-refractivity contribution is 6.09. The maximum atomic E-state index is 12.3. The Morgan fingerprint density at radius 3 is 2.72 bits per heavy atom. The molecule has 1 aliphatic rings. The number of nitrogens with zero attached hydrogens (tertiary/aromatic N) is 1. The fourth-order valence-electron chi connectivity index (χ4n) is 2.24. The molecule has 1 aliphatic heterocycles. The number of fused-ring (bicyclic) bond motifs is 1. The van der Waals surface area contributed by atoms with Crippen LogP contribution in [0.1, 0.15) is 12.5 Å². The van der Waals surface area contributed by atoms with Crippen molar-refractivity contribution in [2.24, 2.45) is 0 Å². The topological polar surface area (TPSA) is 46.6 Å². The van der Waals surface area contributed by atoms with Gasteiger partial charge in [-0.2, -0.15) is 0 Å². The van der Waals surface area contributed by atoms with Gasteiger partial charge in [0.05, 0.1) is 12.5 Å². The van der Waals surface area contributed by atoms with Crippen LogP contribution < -0.4 is 4.90 Å². The molecule has 0 saturated heterocycles. The Morgan fingerprint density at radius 1 is 1.39 bits per heavy atom. The summed E-state index contributed by atoms with van der Waals surface area (Å²) in [7, 11) is 3.05. The standard InChI is InChI=1S/C14H15NO3/c1-14(9-8-12(16)18-3)10-6-4-5-7-11(10)15(2)13(14)17/h4-9H,1-3H3/b9-8+. The molecule has 0 N–H and O–H groups in total. The van der Waals surface area contributed by atoms with Crippen LogP contribution >= 0.6 is 0 Å². The van der Waals surface area contributed by atoms with Gasteiger partial charge in [0.2, 0.25) is 5.91 Å². The third-order valence-corrected chi connectivity index (χ3v) is 3.33. The van der Waals surface area contributed by atoms with Gasteiger partial charge in [-0.05, 0) is 18.6 Å². The van der Waals surface area contributed by atoms with Gasteiger partial charge in [0, 0.05) is 18.8 Å². The second-order valence-electron chi connectivity index (χ2n) is 4.44. The van der Waals surface area contributed by atoms with Crippen molar-refractivity contribution in [3.63, 3.8) is 0 Å². The number of likely N-dealkylation sites (N-methyl/N-ethyl adjacent to an activating group) is 1. The van der Waals surface area contributed by atoms with E-state index in [4.69, 9.17) is 0 Å². The summed E-state index contributed by atoms with van der Waals surface area (Å²) in [6.07, 6.45) is 2.90. The molecule has 0 spiro atoms. The summed E-state index contributed by atoms with van der Waals surface area (Å²) in [5.41, 5.74) is 0.969. The van der Waals surface area contributed by atoms with Crippen molar-refractivity contribution in [1.29, 1.82) is 0 Å². The Labute approximate surface area is 106 Å². The molecule has 4 heteroatoms. The lowest BCUT2D eigenvalue weighted by molar-refractivity contribution is -0.134. The van der Waals surface area contributed by atoms with Gasteiger partial charge in [-0.15, -0.1) is 0 Å². The number of anilines is 1. The molecule has 1 amide bonds. The lowest BCUT2D eigenvalue weighted by Crippen LogP contribution is -2.34. The number of methoxy groups -OCH3 is 1. The molecule has 1 aromatic rings. The van der Waals surface area contributed by atoms with Crippen LogP contribution in [-0.4, -0.2) is 26.0 Å². The van der Waals surface area contributed by atoms with Crippen LogP contribution in [0.3, 0.4) is 0 Å². The monoisotopic (exact) mass is 245 g/mol. The molecule has 1 heterocycles. The van der Waals surface area contributed by atoms with Crippen molar-refractivity contribution in [3.05, 3.63) is 42.0 Å². The predicted octanol–water partition coefficient (Wildman–Crippen LogP) is 1.65. The van der Waals surface area contributed by atoms with E-state index in [9.17, 15) is 9.59 Å². The smallest absolute Gasteiger partial charge is 0.330 e. The average molecular weight is 245 g/mol. The summed E-state index contributed by atoms with van der Waals surface area (Å²) < 4.78 is 4.55. The van der Waals surface area contributed by atoms with Crippen LogP contribution in [0, 0.1) is 0 Å². The van der Waals surface area contributed by atoms with E-state index < -0.39 is 11.4 Å². The van der Waals surface area contributed by atoms with Crippen molar-refractivity contribution in [2.45, 2.75) is 12.3 Å². The van der Waals surface area contributed by atoms with Gasteiger partial charge in [-0.3, -0.25) is 4.79 Å². The molecule has 0 aromatic heterocycles. The molecule has 1 atom stereocenters. The maximum Gasteiger partial charge on any atom is 0.330 e. The molecule has 2 rings (SSSR count). The van der Waals surface area contributed by atoms with E-state index >= 15 is 0 Å². The summed E-state index contributed by atoms with van der Waals surface area (Å²) >= 11 is 0. The van der Waals surface area contributed by atoms with Crippen molar-refractivity contribution in [1.82, 2.24) is 0 Å². The number of hydrogen-bond donors (Lipinski definition) is 0. The summed E-state index contributed by atoms with van der Waals surface area (Å²) in [4.78, 5) is 25.1. The highest BCUT2D eigenvalue weighted by Gasteiger charge is 2.43. The number of benzene rings is 1. The molecule has 4 nitrogen and oxygen atoms in total. The Hall–Kier alpha value is -2.10. The molecule has 94 valence electrons. The Kier molecular flexibility index (Phi) is 2.95. The van der Waals surface area contributed by atoms with Gasteiger partial charge in [0.25, 0.3) is 0 Å². The van der Waals surface area contributed by atoms with Gasteiger partial charge in [0.15, 0.2) is 0 Å². The Balaban J connectivity index is 2.47. The quantitative estimate of drug-likeness (QED) is 0.588. The third-order valence-electron chi connectivity index (χ3n) is 3.33. The number of carbonyl (C=O) groups is 2. The van der Waals surface area contributed by atoms with Crippen LogP contribution in [0.5, 0.6) is 0 Å². The van der Waals surface area contributed by atoms with E-state index in [-0.39, 0.29) is 5.91 Å². The minimum absolute atomic E-state index is 0.0520. The third kappa shape index (κ3) is 1.70. The number of hydrogen-bond acceptors (Lipinski definition) is 3. The largest absolute Gasteiger partial charge is 0.466 e. The van der Waals surface area contributed by atoms with Gasteiger partial charge < -0.3 is 9.64 Å². The number of rotatable bonds is 2. The Morgan fingerprint density at radius 2 is 2.06 bits per heavy atom. The van der Waals surface area contributed by atoms with E-state index in [1.807, 2.05) is 24.3 Å². The van der Waals surface area contributed by atoms with Gasteiger partial charge in [-0.1, -0.05) is 24.3 Å². The molecule has 0 bridgehead atoms. The minimum Gasteiger partial charge on any atom is -0.466 e. The van der Waals surface area contributed by atoms with Crippen molar-refractivity contribution >= 4 is 17.6 Å². The van der Waals surface area contributed by atoms with Crippen LogP contribution in [0.4, 0.5) is 5.69 Å². The first kappa shape index (κ1) is 12.4. The van der Waals surface area contributed by atoms with E-state index in [0.717, 1.165) is 11.3 Å². The number of amides is 1. The van der Waals surface area contributed by atoms with Crippen molar-refractivity contribution in [2.75, 3.05) is 19.1 Å². The van der Waals surface area contributed by atoms with E-state index in [1.165, 1.54) is 13.2 Å². The molecule has 0 saturated carbocycles. The second kappa shape index (κ2) is 4.29. The number of carbonyl (C=O) groups excluding carboxylic acids is 2. The zero-order valence-electron chi connectivity index (χ0n) is 10.6. The first-order chi connectivity index (χ1) is 8.50. The molecular formula is C14H15NO3. The van der Waals surface area contributed by atoms with Crippen molar-refractivity contribution in [3.8, 4) is 0 Å². The average Bonchev–Trinajstić information content (AvgIpc) is 2.59. The maximum absolute atomic E-state index is 12.3. The number of ether oxygens (including phenoxy) is 1. The van der Waals surface area contributed by atoms with Gasteiger partial charge in [0.1, 0.15) is 0 Å². The Bertz CT molecular complexity index is 536. The zero-order valence-corrected chi connectivity index (χ0v) is 10.6. The van der Waals surface area contributed by atoms with Gasteiger partial charge >= 0.3 is 5.97 Å². The lowest BCUT2D eigenvalue weighted by atomic mass is 9.83. The van der Waals surface area contributed by atoms with Crippen LogP contribution in [0.2, 0.25) is 0 Å². The summed E-state index contributed by atoms with van der Waals surface area (Å²) in [5.74, 6) is -0.514. The fraction of sp³-hybridized carbons (Fsp3) is 0.286. The van der Waals surface area contributed by atoms with E-state index in [0.29, 0.717) is 0 Å². The molecule has 1 aromatic carbocycles. The molecule has 0 aliphatic carbocycles. The van der Waals surface area contributed by atoms with E-state index in [2.05, 4.69) is 4.74 Å². The van der Waals surface area contributed by atoms with Gasteiger partial charge in [-0.25, -0.2) is 4.79 Å². The summed E-state index contributed by atoms with van der Waals surface area (Å²) in [6.45, 7) is 1.80. The SMILES string of the molecule is COC(=O)/C=C/C1(C)C(=O)N(C)c2ccccc21. The second-order valence-corrected chi connectivity index (χ2v) is 4.44. The minimum atomic E-state index is -0.806. The summed E-state index contributed by atoms with van der Waals surface area (Å²) in [5, 5.41) is 0. The number of para-hydroxylation sites is 1. The molecular weight excluding hydrogens is 230 g/mol. The lowest BCUT2D eigenvalue weighted by Gasteiger charge is -2.18. The van der Waals surface area contributed by atoms with E-state index in [1.54, 1.807) is 24.9 Å². The fourth-order valence-corrected chi connectivity index (χ4v) is 2.24. The first-order valence-electron chi connectivity index (χ1n) is 5.65. The molecule has 18 heavy (non-hydrogen) atoms. The predicted molar refractivity (Wildman–Crippen MR) is 68.4 cm³/mol. The van der Waals surface area contributed by atoms with Crippen LogP contribution in [0.25, 0.3) is 0 Å². The highest BCUT2D eigenvalue weighted by Crippen LogP contribution is 2.41. The molecule has 0 fully saturated rings. The highest BCUT2D eigenvalue weighted by atomic mass is 16.5. The van der Waals surface area contributed by atoms with Crippen LogP contribution in [-0.2, 0) is 19.7 Å². The number of esters is 1. The van der Waals surface area contributed by atoms with Crippen LogP contribution in [0.15, 0.2) is 36.4 Å². The molecule has 0 radical (unpaired) electrons. The summed E-state index contributed by atoms with van der Waals surface area (Å²) in [6, 6.07) is 7.57. The zero-order chi connectivity index (χ0) is 13.3. The molecule has 1 unspecified atom stereocenters.